The summed E-state index contributed by atoms with van der Waals surface area (Å²) in [5.41, 5.74) is 4.29. The molecule has 2 rings (SSSR count). The third-order valence-corrected chi connectivity index (χ3v) is 2.72. The van der Waals surface area contributed by atoms with Crippen LogP contribution < -0.4 is 0 Å². The third kappa shape index (κ3) is 1.52. The predicted octanol–water partition coefficient (Wildman–Crippen LogP) is 2.71. The van der Waals surface area contributed by atoms with Crippen LogP contribution in [0.4, 0.5) is 0 Å². The smallest absolute Gasteiger partial charge is 0.112 e. The standard InChI is InChI=1S/C12H17N3/c1-7(2)12-14-11-9(4)13-8(3)6-10(11)15(12)5/h6-7H,1-5H3. The fraction of sp³-hybridized carbons (Fsp3) is 0.500. The molecule has 0 bridgehead atoms. The van der Waals surface area contributed by atoms with Gasteiger partial charge in [-0.25, -0.2) is 4.98 Å². The van der Waals surface area contributed by atoms with Crippen molar-refractivity contribution in [1.82, 2.24) is 14.5 Å². The van der Waals surface area contributed by atoms with Gasteiger partial charge in [0.15, 0.2) is 0 Å². The van der Waals surface area contributed by atoms with Gasteiger partial charge in [0.25, 0.3) is 0 Å². The maximum atomic E-state index is 4.65. The molecule has 3 nitrogen and oxygen atoms in total. The van der Waals surface area contributed by atoms with E-state index in [-0.39, 0.29) is 0 Å². The SMILES string of the molecule is Cc1cc2c(nc(C(C)C)n2C)c(C)n1. The van der Waals surface area contributed by atoms with E-state index in [1.807, 2.05) is 13.8 Å². The first-order chi connectivity index (χ1) is 7.00. The molecule has 0 radical (unpaired) electrons. The van der Waals surface area contributed by atoms with Crippen LogP contribution in [0.2, 0.25) is 0 Å². The van der Waals surface area contributed by atoms with E-state index in [1.54, 1.807) is 0 Å². The van der Waals surface area contributed by atoms with Crippen molar-refractivity contribution in [2.75, 3.05) is 0 Å². The summed E-state index contributed by atoms with van der Waals surface area (Å²) in [7, 11) is 2.07. The minimum absolute atomic E-state index is 0.446. The van der Waals surface area contributed by atoms with E-state index in [2.05, 4.69) is 41.5 Å². The number of fused-ring (bicyclic) bond motifs is 1. The number of aromatic nitrogens is 3. The average molecular weight is 203 g/mol. The zero-order valence-electron chi connectivity index (χ0n) is 10.00. The van der Waals surface area contributed by atoms with E-state index in [9.17, 15) is 0 Å². The van der Waals surface area contributed by atoms with Crippen LogP contribution >= 0.6 is 0 Å². The lowest BCUT2D eigenvalue weighted by Crippen LogP contribution is -1.99. The molecule has 0 spiro atoms. The maximum absolute atomic E-state index is 4.65. The summed E-state index contributed by atoms with van der Waals surface area (Å²) in [6.45, 7) is 8.37. The van der Waals surface area contributed by atoms with E-state index in [1.165, 1.54) is 5.52 Å². The Labute approximate surface area is 90.2 Å². The molecule has 0 N–H and O–H groups in total. The molecule has 2 aromatic rings. The van der Waals surface area contributed by atoms with E-state index < -0.39 is 0 Å². The first kappa shape index (κ1) is 10.1. The van der Waals surface area contributed by atoms with Gasteiger partial charge in [-0.2, -0.15) is 0 Å². The number of nitrogens with zero attached hydrogens (tertiary/aromatic N) is 3. The molecule has 0 aromatic carbocycles. The third-order valence-electron chi connectivity index (χ3n) is 2.72. The summed E-state index contributed by atoms with van der Waals surface area (Å²) in [6, 6.07) is 2.10. The topological polar surface area (TPSA) is 30.7 Å². The molecular weight excluding hydrogens is 186 g/mol. The monoisotopic (exact) mass is 203 g/mol. The van der Waals surface area contributed by atoms with Crippen LogP contribution in [0.25, 0.3) is 11.0 Å². The van der Waals surface area contributed by atoms with Crippen LogP contribution in [0.3, 0.4) is 0 Å². The van der Waals surface area contributed by atoms with Crippen LogP contribution in [0, 0.1) is 13.8 Å². The van der Waals surface area contributed by atoms with Gasteiger partial charge in [0.05, 0.1) is 11.2 Å². The maximum Gasteiger partial charge on any atom is 0.112 e. The van der Waals surface area contributed by atoms with Crippen molar-refractivity contribution >= 4 is 11.0 Å². The molecule has 0 aliphatic carbocycles. The Bertz CT molecular complexity index is 509. The highest BCUT2D eigenvalue weighted by molar-refractivity contribution is 5.78. The molecule has 0 aliphatic rings. The van der Waals surface area contributed by atoms with E-state index >= 15 is 0 Å². The molecule has 0 saturated heterocycles. The van der Waals surface area contributed by atoms with Crippen LogP contribution in [0.15, 0.2) is 6.07 Å². The molecular formula is C12H17N3. The van der Waals surface area contributed by atoms with E-state index in [0.717, 1.165) is 22.7 Å². The molecule has 0 saturated carbocycles. The van der Waals surface area contributed by atoms with E-state index in [0.29, 0.717) is 5.92 Å². The van der Waals surface area contributed by atoms with Crippen LogP contribution in [0.5, 0.6) is 0 Å². The van der Waals surface area contributed by atoms with Gasteiger partial charge < -0.3 is 4.57 Å². The lowest BCUT2D eigenvalue weighted by molar-refractivity contribution is 0.722. The minimum atomic E-state index is 0.446. The lowest BCUT2D eigenvalue weighted by Gasteiger charge is -2.04. The number of pyridine rings is 1. The molecule has 0 amide bonds. The fourth-order valence-corrected chi connectivity index (χ4v) is 2.02. The van der Waals surface area contributed by atoms with Crippen molar-refractivity contribution in [2.45, 2.75) is 33.6 Å². The van der Waals surface area contributed by atoms with Gasteiger partial charge in [-0.3, -0.25) is 4.98 Å². The van der Waals surface area contributed by atoms with Crippen molar-refractivity contribution in [3.05, 3.63) is 23.3 Å². The van der Waals surface area contributed by atoms with Crippen LogP contribution in [-0.4, -0.2) is 14.5 Å². The lowest BCUT2D eigenvalue weighted by atomic mass is 10.2. The van der Waals surface area contributed by atoms with Gasteiger partial charge in [-0.05, 0) is 19.9 Å². The number of hydrogen-bond donors (Lipinski definition) is 0. The van der Waals surface area contributed by atoms with Crippen LogP contribution in [-0.2, 0) is 7.05 Å². The molecule has 15 heavy (non-hydrogen) atoms. The fourth-order valence-electron chi connectivity index (χ4n) is 2.02. The molecule has 3 heteroatoms. The van der Waals surface area contributed by atoms with Crippen molar-refractivity contribution in [2.24, 2.45) is 7.05 Å². The Morgan fingerprint density at radius 1 is 1.20 bits per heavy atom. The summed E-state index contributed by atoms with van der Waals surface area (Å²) in [4.78, 5) is 9.09. The number of hydrogen-bond acceptors (Lipinski definition) is 2. The quantitative estimate of drug-likeness (QED) is 0.713. The van der Waals surface area contributed by atoms with Gasteiger partial charge in [-0.1, -0.05) is 13.8 Å². The summed E-state index contributed by atoms with van der Waals surface area (Å²) in [5.74, 6) is 1.57. The molecule has 0 fully saturated rings. The zero-order valence-corrected chi connectivity index (χ0v) is 10.00. The highest BCUT2D eigenvalue weighted by atomic mass is 15.1. The number of rotatable bonds is 1. The van der Waals surface area contributed by atoms with Crippen molar-refractivity contribution in [1.29, 1.82) is 0 Å². The Kier molecular flexibility index (Phi) is 2.25. The van der Waals surface area contributed by atoms with Gasteiger partial charge in [0.2, 0.25) is 0 Å². The molecule has 80 valence electrons. The van der Waals surface area contributed by atoms with Crippen LogP contribution in [0.1, 0.15) is 37.0 Å². The van der Waals surface area contributed by atoms with Gasteiger partial charge in [0, 0.05) is 18.7 Å². The Morgan fingerprint density at radius 2 is 1.87 bits per heavy atom. The normalized spacial score (nSPS) is 11.6. The number of aryl methyl sites for hydroxylation is 3. The second kappa shape index (κ2) is 3.33. The Hall–Kier alpha value is -1.38. The van der Waals surface area contributed by atoms with Gasteiger partial charge in [-0.15, -0.1) is 0 Å². The van der Waals surface area contributed by atoms with Crippen molar-refractivity contribution < 1.29 is 0 Å². The first-order valence-electron chi connectivity index (χ1n) is 5.31. The Balaban J connectivity index is 2.82. The summed E-state index contributed by atoms with van der Waals surface area (Å²) < 4.78 is 2.17. The minimum Gasteiger partial charge on any atom is -0.331 e. The molecule has 0 aliphatic heterocycles. The highest BCUT2D eigenvalue weighted by Gasteiger charge is 2.13. The second-order valence-electron chi connectivity index (χ2n) is 4.40. The largest absolute Gasteiger partial charge is 0.331 e. The summed E-state index contributed by atoms with van der Waals surface area (Å²) in [5, 5.41) is 0. The summed E-state index contributed by atoms with van der Waals surface area (Å²) in [6.07, 6.45) is 0. The average Bonchev–Trinajstić information content (AvgIpc) is 2.44. The molecule has 0 atom stereocenters. The van der Waals surface area contributed by atoms with Crippen molar-refractivity contribution in [3.63, 3.8) is 0 Å². The van der Waals surface area contributed by atoms with Gasteiger partial charge in [0.1, 0.15) is 11.3 Å². The molecule has 2 aromatic heterocycles. The van der Waals surface area contributed by atoms with Crippen molar-refractivity contribution in [3.8, 4) is 0 Å². The summed E-state index contributed by atoms with van der Waals surface area (Å²) >= 11 is 0. The number of imidazole rings is 1. The zero-order chi connectivity index (χ0) is 11.2. The molecule has 2 heterocycles. The van der Waals surface area contributed by atoms with E-state index in [4.69, 9.17) is 0 Å². The van der Waals surface area contributed by atoms with Gasteiger partial charge >= 0.3 is 0 Å². The first-order valence-corrected chi connectivity index (χ1v) is 5.31. The Morgan fingerprint density at radius 3 is 2.47 bits per heavy atom. The highest BCUT2D eigenvalue weighted by Crippen LogP contribution is 2.22. The predicted molar refractivity (Wildman–Crippen MR) is 62.1 cm³/mol. The molecule has 0 unspecified atom stereocenters. The second-order valence-corrected chi connectivity index (χ2v) is 4.40.